The number of methoxy groups -OCH3 is 1. The molecule has 0 aliphatic carbocycles. The molecular formula is C20H30N4O. The molecule has 0 bridgehead atoms. The summed E-state index contributed by atoms with van der Waals surface area (Å²) in [5.41, 5.74) is 5.05. The standard InChI is InChI=1S/C20H30N4O/c1-15(19-13-22-23(3)16(19)2)21-12-17-7-8-20(25-4)18(11-17)14-24-9-5-6-10-24/h7-8,11,13,15,21H,5-6,9-10,12,14H2,1-4H3. The van der Waals surface area contributed by atoms with Gasteiger partial charge in [-0.15, -0.1) is 0 Å². The smallest absolute Gasteiger partial charge is 0.123 e. The largest absolute Gasteiger partial charge is 0.496 e. The van der Waals surface area contributed by atoms with Crippen LogP contribution in [0.2, 0.25) is 0 Å². The summed E-state index contributed by atoms with van der Waals surface area (Å²) in [6, 6.07) is 6.81. The SMILES string of the molecule is COc1ccc(CNC(C)c2cnn(C)c2C)cc1CN1CCCC1. The molecule has 0 saturated carbocycles. The van der Waals surface area contributed by atoms with Gasteiger partial charge in [0.2, 0.25) is 0 Å². The number of aromatic nitrogens is 2. The van der Waals surface area contributed by atoms with E-state index in [1.165, 1.54) is 48.3 Å². The number of ether oxygens (including phenoxy) is 1. The van der Waals surface area contributed by atoms with Gasteiger partial charge in [0, 0.05) is 43.0 Å². The Bertz CT molecular complexity index is 704. The van der Waals surface area contributed by atoms with Crippen LogP contribution in [0.15, 0.2) is 24.4 Å². The quantitative estimate of drug-likeness (QED) is 0.839. The van der Waals surface area contributed by atoms with Crippen molar-refractivity contribution >= 4 is 0 Å². The van der Waals surface area contributed by atoms with E-state index in [1.54, 1.807) is 7.11 Å². The Balaban J connectivity index is 1.66. The molecule has 1 aromatic heterocycles. The average molecular weight is 342 g/mol. The van der Waals surface area contributed by atoms with Gasteiger partial charge in [-0.2, -0.15) is 5.10 Å². The summed E-state index contributed by atoms with van der Waals surface area (Å²) in [4.78, 5) is 2.51. The number of rotatable bonds is 7. The van der Waals surface area contributed by atoms with E-state index in [-0.39, 0.29) is 6.04 Å². The van der Waals surface area contributed by atoms with E-state index in [2.05, 4.69) is 47.4 Å². The minimum atomic E-state index is 0.276. The van der Waals surface area contributed by atoms with E-state index in [4.69, 9.17) is 4.74 Å². The molecule has 1 aliphatic rings. The second-order valence-electron chi connectivity index (χ2n) is 7.04. The predicted octanol–water partition coefficient (Wildman–Crippen LogP) is 3.18. The van der Waals surface area contributed by atoms with Crippen LogP contribution in [0.5, 0.6) is 5.75 Å². The van der Waals surface area contributed by atoms with E-state index in [0.717, 1.165) is 18.8 Å². The zero-order valence-electron chi connectivity index (χ0n) is 15.9. The molecule has 1 atom stereocenters. The van der Waals surface area contributed by atoms with E-state index in [9.17, 15) is 0 Å². The Hall–Kier alpha value is -1.85. The molecule has 25 heavy (non-hydrogen) atoms. The highest BCUT2D eigenvalue weighted by Crippen LogP contribution is 2.24. The first-order chi connectivity index (χ1) is 12.1. The van der Waals surface area contributed by atoms with Crippen LogP contribution in [0.1, 0.15) is 48.2 Å². The van der Waals surface area contributed by atoms with Crippen LogP contribution in [0, 0.1) is 6.92 Å². The van der Waals surface area contributed by atoms with Crippen molar-refractivity contribution in [2.45, 2.75) is 45.8 Å². The highest BCUT2D eigenvalue weighted by atomic mass is 16.5. The Morgan fingerprint density at radius 3 is 2.68 bits per heavy atom. The minimum absolute atomic E-state index is 0.276. The number of hydrogen-bond donors (Lipinski definition) is 1. The molecule has 1 aromatic carbocycles. The number of nitrogens with one attached hydrogen (secondary N) is 1. The molecule has 1 fully saturated rings. The lowest BCUT2D eigenvalue weighted by Crippen LogP contribution is -2.20. The summed E-state index contributed by atoms with van der Waals surface area (Å²) >= 11 is 0. The van der Waals surface area contributed by atoms with Gasteiger partial charge in [0.05, 0.1) is 13.3 Å². The molecule has 3 rings (SSSR count). The molecule has 1 saturated heterocycles. The average Bonchev–Trinajstić information content (AvgIpc) is 3.24. The van der Waals surface area contributed by atoms with Gasteiger partial charge in [0.1, 0.15) is 5.75 Å². The molecule has 0 spiro atoms. The van der Waals surface area contributed by atoms with Crippen LogP contribution in [0.4, 0.5) is 0 Å². The summed E-state index contributed by atoms with van der Waals surface area (Å²) in [5.74, 6) is 0.992. The molecule has 136 valence electrons. The first-order valence-electron chi connectivity index (χ1n) is 9.18. The zero-order valence-corrected chi connectivity index (χ0v) is 15.9. The number of benzene rings is 1. The minimum Gasteiger partial charge on any atom is -0.496 e. The van der Waals surface area contributed by atoms with E-state index in [1.807, 2.05) is 17.9 Å². The van der Waals surface area contributed by atoms with Crippen molar-refractivity contribution in [3.8, 4) is 5.75 Å². The molecule has 2 heterocycles. The number of nitrogens with zero attached hydrogens (tertiary/aromatic N) is 3. The Kier molecular flexibility index (Phi) is 5.76. The van der Waals surface area contributed by atoms with Gasteiger partial charge >= 0.3 is 0 Å². The first kappa shape index (κ1) is 18.0. The number of likely N-dealkylation sites (tertiary alicyclic amines) is 1. The van der Waals surface area contributed by atoms with Crippen molar-refractivity contribution < 1.29 is 4.74 Å². The molecule has 0 amide bonds. The lowest BCUT2D eigenvalue weighted by molar-refractivity contribution is 0.320. The summed E-state index contributed by atoms with van der Waals surface area (Å²) < 4.78 is 7.49. The van der Waals surface area contributed by atoms with Crippen molar-refractivity contribution in [2.24, 2.45) is 7.05 Å². The summed E-state index contributed by atoms with van der Waals surface area (Å²) in [6.07, 6.45) is 4.58. The van der Waals surface area contributed by atoms with Crippen molar-refractivity contribution in [3.05, 3.63) is 46.8 Å². The van der Waals surface area contributed by atoms with Gasteiger partial charge in [0.15, 0.2) is 0 Å². The lowest BCUT2D eigenvalue weighted by atomic mass is 10.1. The van der Waals surface area contributed by atoms with Crippen LogP contribution in [-0.4, -0.2) is 34.9 Å². The summed E-state index contributed by atoms with van der Waals surface area (Å²) in [5, 5.41) is 7.96. The third-order valence-corrected chi connectivity index (χ3v) is 5.29. The van der Waals surface area contributed by atoms with Crippen LogP contribution in [0.3, 0.4) is 0 Å². The maximum atomic E-state index is 5.57. The molecule has 1 N–H and O–H groups in total. The highest BCUT2D eigenvalue weighted by Gasteiger charge is 2.15. The van der Waals surface area contributed by atoms with Gasteiger partial charge in [-0.25, -0.2) is 0 Å². The topological polar surface area (TPSA) is 42.3 Å². The van der Waals surface area contributed by atoms with Crippen molar-refractivity contribution in [2.75, 3.05) is 20.2 Å². The summed E-state index contributed by atoms with van der Waals surface area (Å²) in [6.45, 7) is 8.52. The molecule has 0 radical (unpaired) electrons. The maximum absolute atomic E-state index is 5.57. The monoisotopic (exact) mass is 342 g/mol. The number of hydrogen-bond acceptors (Lipinski definition) is 4. The predicted molar refractivity (Wildman–Crippen MR) is 101 cm³/mol. The third kappa shape index (κ3) is 4.22. The van der Waals surface area contributed by atoms with Crippen LogP contribution < -0.4 is 10.1 Å². The van der Waals surface area contributed by atoms with E-state index in [0.29, 0.717) is 0 Å². The highest BCUT2D eigenvalue weighted by molar-refractivity contribution is 5.37. The van der Waals surface area contributed by atoms with Crippen molar-refractivity contribution in [1.29, 1.82) is 0 Å². The van der Waals surface area contributed by atoms with E-state index >= 15 is 0 Å². The van der Waals surface area contributed by atoms with Gasteiger partial charge in [-0.1, -0.05) is 6.07 Å². The van der Waals surface area contributed by atoms with Crippen molar-refractivity contribution in [1.82, 2.24) is 20.0 Å². The van der Waals surface area contributed by atoms with Crippen LogP contribution in [-0.2, 0) is 20.1 Å². The van der Waals surface area contributed by atoms with Crippen LogP contribution in [0.25, 0.3) is 0 Å². The molecule has 5 nitrogen and oxygen atoms in total. The van der Waals surface area contributed by atoms with Crippen LogP contribution >= 0.6 is 0 Å². The zero-order chi connectivity index (χ0) is 17.8. The summed E-state index contributed by atoms with van der Waals surface area (Å²) in [7, 11) is 3.74. The Morgan fingerprint density at radius 1 is 1.28 bits per heavy atom. The second-order valence-corrected chi connectivity index (χ2v) is 7.04. The molecule has 2 aromatic rings. The molecular weight excluding hydrogens is 312 g/mol. The maximum Gasteiger partial charge on any atom is 0.123 e. The first-order valence-corrected chi connectivity index (χ1v) is 9.18. The fourth-order valence-electron chi connectivity index (χ4n) is 3.57. The Labute approximate surface area is 151 Å². The molecule has 5 heteroatoms. The normalized spacial score (nSPS) is 16.3. The fraction of sp³-hybridized carbons (Fsp3) is 0.550. The Morgan fingerprint density at radius 2 is 2.04 bits per heavy atom. The molecule has 1 aliphatic heterocycles. The van der Waals surface area contributed by atoms with Gasteiger partial charge in [-0.05, 0) is 57.5 Å². The lowest BCUT2D eigenvalue weighted by Gasteiger charge is -2.19. The fourth-order valence-corrected chi connectivity index (χ4v) is 3.57. The van der Waals surface area contributed by atoms with Gasteiger partial charge in [0.25, 0.3) is 0 Å². The van der Waals surface area contributed by atoms with Gasteiger partial charge in [-0.3, -0.25) is 9.58 Å². The van der Waals surface area contributed by atoms with E-state index < -0.39 is 0 Å². The van der Waals surface area contributed by atoms with Crippen molar-refractivity contribution in [3.63, 3.8) is 0 Å². The third-order valence-electron chi connectivity index (χ3n) is 5.29. The number of aryl methyl sites for hydroxylation is 1. The molecule has 1 unspecified atom stereocenters. The van der Waals surface area contributed by atoms with Gasteiger partial charge < -0.3 is 10.1 Å². The second kappa shape index (κ2) is 8.02.